The van der Waals surface area contributed by atoms with Gasteiger partial charge in [0, 0.05) is 12.6 Å². The van der Waals surface area contributed by atoms with Crippen molar-refractivity contribution < 1.29 is 5.11 Å². The van der Waals surface area contributed by atoms with E-state index in [1.165, 1.54) is 51.7 Å². The summed E-state index contributed by atoms with van der Waals surface area (Å²) in [5.41, 5.74) is 0. The quantitative estimate of drug-likeness (QED) is 0.786. The molecule has 1 aliphatic carbocycles. The topological polar surface area (TPSA) is 35.5 Å². The normalized spacial score (nSPS) is 34.0. The van der Waals surface area contributed by atoms with Gasteiger partial charge in [-0.2, -0.15) is 0 Å². The highest BCUT2D eigenvalue weighted by Crippen LogP contribution is 2.25. The predicted molar refractivity (Wildman–Crippen MR) is 84.9 cm³/mol. The number of aliphatic hydroxyl groups is 1. The highest BCUT2D eigenvalue weighted by atomic mass is 16.3. The number of piperidine rings is 1. The Morgan fingerprint density at radius 1 is 1.25 bits per heavy atom. The van der Waals surface area contributed by atoms with E-state index < -0.39 is 0 Å². The summed E-state index contributed by atoms with van der Waals surface area (Å²) >= 11 is 0. The molecule has 4 unspecified atom stereocenters. The molecule has 0 aromatic carbocycles. The fraction of sp³-hybridized carbons (Fsp3) is 1.00. The second-order valence-corrected chi connectivity index (χ2v) is 7.09. The largest absolute Gasteiger partial charge is 0.393 e. The monoisotopic (exact) mass is 282 g/mol. The van der Waals surface area contributed by atoms with Crippen molar-refractivity contribution in [2.75, 3.05) is 26.2 Å². The van der Waals surface area contributed by atoms with Gasteiger partial charge in [0.05, 0.1) is 6.10 Å². The maximum absolute atomic E-state index is 9.75. The van der Waals surface area contributed by atoms with Crippen molar-refractivity contribution in [2.45, 2.75) is 70.9 Å². The molecule has 1 saturated carbocycles. The van der Waals surface area contributed by atoms with Crippen LogP contribution in [0.1, 0.15) is 58.8 Å². The molecule has 0 radical (unpaired) electrons. The van der Waals surface area contributed by atoms with Crippen molar-refractivity contribution in [1.29, 1.82) is 0 Å². The zero-order valence-electron chi connectivity index (χ0n) is 13.5. The molecule has 1 saturated heterocycles. The molecule has 2 aliphatic rings. The lowest BCUT2D eigenvalue weighted by molar-refractivity contribution is 0.0962. The van der Waals surface area contributed by atoms with Crippen LogP contribution in [0.25, 0.3) is 0 Å². The van der Waals surface area contributed by atoms with Gasteiger partial charge in [-0.25, -0.2) is 0 Å². The summed E-state index contributed by atoms with van der Waals surface area (Å²) in [7, 11) is 0. The number of nitrogens with one attached hydrogen (secondary N) is 1. The Balaban J connectivity index is 1.69. The molecule has 1 aliphatic heterocycles. The molecule has 118 valence electrons. The van der Waals surface area contributed by atoms with E-state index in [0.717, 1.165) is 25.3 Å². The van der Waals surface area contributed by atoms with Crippen LogP contribution in [0.15, 0.2) is 0 Å². The Bertz CT molecular complexity index is 270. The second-order valence-electron chi connectivity index (χ2n) is 7.09. The summed E-state index contributed by atoms with van der Waals surface area (Å²) in [6.45, 7) is 9.57. The minimum Gasteiger partial charge on any atom is -0.393 e. The highest BCUT2D eigenvalue weighted by Gasteiger charge is 2.25. The van der Waals surface area contributed by atoms with E-state index in [-0.39, 0.29) is 6.10 Å². The Labute approximate surface area is 125 Å². The number of hydrogen-bond donors (Lipinski definition) is 2. The molecule has 2 N–H and O–H groups in total. The third-order valence-electron chi connectivity index (χ3n) is 5.27. The molecular weight excluding hydrogens is 248 g/mol. The van der Waals surface area contributed by atoms with Crippen molar-refractivity contribution in [3.05, 3.63) is 0 Å². The van der Waals surface area contributed by atoms with Crippen LogP contribution in [0.5, 0.6) is 0 Å². The van der Waals surface area contributed by atoms with Gasteiger partial charge < -0.3 is 15.3 Å². The maximum Gasteiger partial charge on any atom is 0.0543 e. The van der Waals surface area contributed by atoms with Crippen LogP contribution in [0, 0.1) is 11.8 Å². The lowest BCUT2D eigenvalue weighted by Gasteiger charge is -2.37. The Morgan fingerprint density at radius 2 is 2.10 bits per heavy atom. The third kappa shape index (κ3) is 5.01. The summed E-state index contributed by atoms with van der Waals surface area (Å²) in [4.78, 5) is 2.64. The molecule has 3 heteroatoms. The van der Waals surface area contributed by atoms with Gasteiger partial charge in [0.1, 0.15) is 0 Å². The van der Waals surface area contributed by atoms with Crippen molar-refractivity contribution in [3.8, 4) is 0 Å². The number of aliphatic hydroxyl groups excluding tert-OH is 1. The van der Waals surface area contributed by atoms with Crippen LogP contribution in [-0.2, 0) is 0 Å². The van der Waals surface area contributed by atoms with E-state index in [1.54, 1.807) is 0 Å². The summed E-state index contributed by atoms with van der Waals surface area (Å²) in [5.74, 6) is 1.50. The first-order chi connectivity index (χ1) is 9.69. The average Bonchev–Trinajstić information content (AvgIpc) is 2.45. The predicted octanol–water partition coefficient (Wildman–Crippen LogP) is 2.64. The first-order valence-electron chi connectivity index (χ1n) is 8.82. The third-order valence-corrected chi connectivity index (χ3v) is 5.27. The standard InChI is InChI=1S/C17H34N2O/c1-3-9-19-10-5-7-16(13-19)14(2)18-12-15-6-4-8-17(20)11-15/h14-18,20H,3-13H2,1-2H3. The van der Waals surface area contributed by atoms with Crippen LogP contribution >= 0.6 is 0 Å². The van der Waals surface area contributed by atoms with Gasteiger partial charge in [0.2, 0.25) is 0 Å². The van der Waals surface area contributed by atoms with E-state index in [1.807, 2.05) is 0 Å². The molecule has 3 nitrogen and oxygen atoms in total. The molecule has 4 atom stereocenters. The number of rotatable bonds is 6. The minimum atomic E-state index is -0.0411. The minimum absolute atomic E-state index is 0.0411. The van der Waals surface area contributed by atoms with E-state index in [4.69, 9.17) is 0 Å². The van der Waals surface area contributed by atoms with Crippen molar-refractivity contribution >= 4 is 0 Å². The molecule has 20 heavy (non-hydrogen) atoms. The Hall–Kier alpha value is -0.120. The Morgan fingerprint density at radius 3 is 2.85 bits per heavy atom. The van der Waals surface area contributed by atoms with Crippen LogP contribution in [0.2, 0.25) is 0 Å². The molecule has 2 fully saturated rings. The van der Waals surface area contributed by atoms with Crippen molar-refractivity contribution in [1.82, 2.24) is 10.2 Å². The highest BCUT2D eigenvalue weighted by molar-refractivity contribution is 4.82. The van der Waals surface area contributed by atoms with Gasteiger partial charge in [0.15, 0.2) is 0 Å². The van der Waals surface area contributed by atoms with Gasteiger partial charge in [0.25, 0.3) is 0 Å². The molecular formula is C17H34N2O. The average molecular weight is 282 g/mol. The first kappa shape index (κ1) is 16.3. The van der Waals surface area contributed by atoms with Crippen molar-refractivity contribution in [3.63, 3.8) is 0 Å². The summed E-state index contributed by atoms with van der Waals surface area (Å²) in [5, 5.41) is 13.5. The summed E-state index contributed by atoms with van der Waals surface area (Å²) in [6.07, 6.45) is 8.49. The fourth-order valence-electron chi connectivity index (χ4n) is 3.99. The fourth-order valence-corrected chi connectivity index (χ4v) is 3.99. The zero-order valence-corrected chi connectivity index (χ0v) is 13.5. The lowest BCUT2D eigenvalue weighted by Crippen LogP contribution is -2.46. The zero-order chi connectivity index (χ0) is 14.4. The summed E-state index contributed by atoms with van der Waals surface area (Å²) in [6, 6.07) is 0.619. The lowest BCUT2D eigenvalue weighted by atomic mass is 9.86. The van der Waals surface area contributed by atoms with E-state index in [2.05, 4.69) is 24.1 Å². The van der Waals surface area contributed by atoms with Gasteiger partial charge >= 0.3 is 0 Å². The van der Waals surface area contributed by atoms with Gasteiger partial charge in [-0.3, -0.25) is 0 Å². The first-order valence-corrected chi connectivity index (χ1v) is 8.82. The molecule has 0 bridgehead atoms. The molecule has 0 amide bonds. The molecule has 0 aromatic heterocycles. The van der Waals surface area contributed by atoms with E-state index >= 15 is 0 Å². The number of likely N-dealkylation sites (tertiary alicyclic amines) is 1. The summed E-state index contributed by atoms with van der Waals surface area (Å²) < 4.78 is 0. The maximum atomic E-state index is 9.75. The van der Waals surface area contributed by atoms with E-state index in [0.29, 0.717) is 12.0 Å². The van der Waals surface area contributed by atoms with Crippen LogP contribution in [0.4, 0.5) is 0 Å². The van der Waals surface area contributed by atoms with Gasteiger partial charge in [-0.05, 0) is 76.9 Å². The Kier molecular flexibility index (Phi) is 6.79. The SMILES string of the molecule is CCCN1CCCC(C(C)NCC2CCCC(O)C2)C1. The van der Waals surface area contributed by atoms with Gasteiger partial charge in [-0.1, -0.05) is 13.3 Å². The van der Waals surface area contributed by atoms with E-state index in [9.17, 15) is 5.11 Å². The molecule has 2 rings (SSSR count). The number of nitrogens with zero attached hydrogens (tertiary/aromatic N) is 1. The number of hydrogen-bond acceptors (Lipinski definition) is 3. The molecule has 1 heterocycles. The van der Waals surface area contributed by atoms with Gasteiger partial charge in [-0.15, -0.1) is 0 Å². The molecule has 0 aromatic rings. The smallest absolute Gasteiger partial charge is 0.0543 e. The van der Waals surface area contributed by atoms with Crippen LogP contribution < -0.4 is 5.32 Å². The van der Waals surface area contributed by atoms with Crippen LogP contribution in [0.3, 0.4) is 0 Å². The molecule has 0 spiro atoms. The second kappa shape index (κ2) is 8.35. The van der Waals surface area contributed by atoms with Crippen molar-refractivity contribution in [2.24, 2.45) is 11.8 Å². The van der Waals surface area contributed by atoms with Crippen LogP contribution in [-0.4, -0.2) is 48.3 Å².